The zero-order valence-corrected chi connectivity index (χ0v) is 10.6. The standard InChI is InChI=1S/C15H19NO/c1-4-10-16(11-5-2)15(17)12-14-9-7-6-8-13(14)3/h1,6-9H,5,10-12H2,2-3H3. The van der Waals surface area contributed by atoms with Crippen LogP contribution >= 0.6 is 0 Å². The molecule has 0 unspecified atom stereocenters. The summed E-state index contributed by atoms with van der Waals surface area (Å²) in [6, 6.07) is 7.96. The van der Waals surface area contributed by atoms with Crippen molar-refractivity contribution in [2.45, 2.75) is 26.7 Å². The van der Waals surface area contributed by atoms with Crippen molar-refractivity contribution in [2.24, 2.45) is 0 Å². The van der Waals surface area contributed by atoms with Gasteiger partial charge in [0.15, 0.2) is 0 Å². The molecule has 0 atom stereocenters. The van der Waals surface area contributed by atoms with Crippen LogP contribution in [0.25, 0.3) is 0 Å². The third-order valence-corrected chi connectivity index (χ3v) is 2.73. The zero-order valence-electron chi connectivity index (χ0n) is 10.6. The molecule has 90 valence electrons. The molecule has 0 spiro atoms. The Hall–Kier alpha value is -1.75. The molecule has 0 fully saturated rings. The lowest BCUT2D eigenvalue weighted by Crippen LogP contribution is -2.33. The van der Waals surface area contributed by atoms with E-state index in [1.807, 2.05) is 38.1 Å². The molecule has 0 N–H and O–H groups in total. The lowest BCUT2D eigenvalue weighted by atomic mass is 10.1. The SMILES string of the molecule is C#CCN(CCC)C(=O)Cc1ccccc1C. The molecule has 2 heteroatoms. The normalized spacial score (nSPS) is 9.71. The van der Waals surface area contributed by atoms with Gasteiger partial charge in [-0.1, -0.05) is 37.1 Å². The third-order valence-electron chi connectivity index (χ3n) is 2.73. The maximum absolute atomic E-state index is 12.1. The summed E-state index contributed by atoms with van der Waals surface area (Å²) < 4.78 is 0. The van der Waals surface area contributed by atoms with Gasteiger partial charge in [0.2, 0.25) is 5.91 Å². The fraction of sp³-hybridized carbons (Fsp3) is 0.400. The molecule has 1 amide bonds. The Balaban J connectivity index is 2.70. The molecular formula is C15H19NO. The molecule has 0 heterocycles. The fourth-order valence-electron chi connectivity index (χ4n) is 1.76. The van der Waals surface area contributed by atoms with Gasteiger partial charge < -0.3 is 4.90 Å². The lowest BCUT2D eigenvalue weighted by molar-refractivity contribution is -0.129. The number of aryl methyl sites for hydroxylation is 1. The molecule has 0 saturated carbocycles. The van der Waals surface area contributed by atoms with Gasteiger partial charge in [-0.2, -0.15) is 0 Å². The van der Waals surface area contributed by atoms with Crippen molar-refractivity contribution in [3.8, 4) is 12.3 Å². The van der Waals surface area contributed by atoms with Gasteiger partial charge in [-0.3, -0.25) is 4.79 Å². The summed E-state index contributed by atoms with van der Waals surface area (Å²) in [5, 5.41) is 0. The maximum Gasteiger partial charge on any atom is 0.227 e. The molecule has 2 nitrogen and oxygen atoms in total. The predicted molar refractivity (Wildman–Crippen MR) is 70.6 cm³/mol. The van der Waals surface area contributed by atoms with Crippen LogP contribution in [-0.2, 0) is 11.2 Å². The largest absolute Gasteiger partial charge is 0.331 e. The smallest absolute Gasteiger partial charge is 0.227 e. The molecule has 0 aliphatic carbocycles. The summed E-state index contributed by atoms with van der Waals surface area (Å²) in [5.74, 6) is 2.65. The average Bonchev–Trinajstić information content (AvgIpc) is 2.32. The van der Waals surface area contributed by atoms with Crippen LogP contribution < -0.4 is 0 Å². The van der Waals surface area contributed by atoms with E-state index in [2.05, 4.69) is 5.92 Å². The van der Waals surface area contributed by atoms with E-state index >= 15 is 0 Å². The van der Waals surface area contributed by atoms with Crippen molar-refractivity contribution < 1.29 is 4.79 Å². The van der Waals surface area contributed by atoms with E-state index in [4.69, 9.17) is 6.42 Å². The van der Waals surface area contributed by atoms with E-state index in [1.165, 1.54) is 0 Å². The summed E-state index contributed by atoms with van der Waals surface area (Å²) in [4.78, 5) is 13.8. The maximum atomic E-state index is 12.1. The molecule has 1 aromatic rings. The number of amides is 1. The molecule has 1 aromatic carbocycles. The Morgan fingerprint density at radius 1 is 1.41 bits per heavy atom. The van der Waals surface area contributed by atoms with E-state index in [9.17, 15) is 4.79 Å². The van der Waals surface area contributed by atoms with Crippen molar-refractivity contribution in [2.75, 3.05) is 13.1 Å². The first kappa shape index (κ1) is 13.3. The predicted octanol–water partition coefficient (Wildman–Crippen LogP) is 2.41. The average molecular weight is 229 g/mol. The summed E-state index contributed by atoms with van der Waals surface area (Å²) in [7, 11) is 0. The molecule has 17 heavy (non-hydrogen) atoms. The van der Waals surface area contributed by atoms with Gasteiger partial charge in [-0.25, -0.2) is 0 Å². The van der Waals surface area contributed by atoms with Gasteiger partial charge in [-0.05, 0) is 24.5 Å². The summed E-state index contributed by atoms with van der Waals surface area (Å²) in [6.45, 7) is 5.20. The summed E-state index contributed by atoms with van der Waals surface area (Å²) in [6.07, 6.45) is 6.65. The van der Waals surface area contributed by atoms with Crippen LogP contribution in [0.1, 0.15) is 24.5 Å². The highest BCUT2D eigenvalue weighted by Crippen LogP contribution is 2.09. The molecule has 0 aliphatic rings. The van der Waals surface area contributed by atoms with E-state index in [0.717, 1.165) is 24.1 Å². The summed E-state index contributed by atoms with van der Waals surface area (Å²) in [5.41, 5.74) is 2.23. The van der Waals surface area contributed by atoms with Crippen LogP contribution in [0.2, 0.25) is 0 Å². The Bertz CT molecular complexity index is 417. The minimum atomic E-state index is 0.110. The topological polar surface area (TPSA) is 20.3 Å². The number of hydrogen-bond donors (Lipinski definition) is 0. The zero-order chi connectivity index (χ0) is 12.7. The number of benzene rings is 1. The van der Waals surface area contributed by atoms with Gasteiger partial charge in [0.25, 0.3) is 0 Å². The second-order valence-electron chi connectivity index (χ2n) is 4.12. The summed E-state index contributed by atoms with van der Waals surface area (Å²) >= 11 is 0. The Morgan fingerprint density at radius 3 is 2.71 bits per heavy atom. The van der Waals surface area contributed by atoms with Crippen molar-refractivity contribution in [3.63, 3.8) is 0 Å². The van der Waals surface area contributed by atoms with Crippen LogP contribution in [0.15, 0.2) is 24.3 Å². The van der Waals surface area contributed by atoms with Gasteiger partial charge in [0.1, 0.15) is 0 Å². The first-order chi connectivity index (χ1) is 8.19. The first-order valence-corrected chi connectivity index (χ1v) is 5.94. The van der Waals surface area contributed by atoms with Crippen LogP contribution in [0.5, 0.6) is 0 Å². The van der Waals surface area contributed by atoms with Gasteiger partial charge in [0, 0.05) is 6.54 Å². The quantitative estimate of drug-likeness (QED) is 0.710. The molecule has 0 aliphatic heterocycles. The molecule has 0 saturated heterocycles. The Kier molecular flexibility index (Phi) is 5.29. The molecular weight excluding hydrogens is 210 g/mol. The van der Waals surface area contributed by atoms with E-state index in [0.29, 0.717) is 13.0 Å². The van der Waals surface area contributed by atoms with Crippen molar-refractivity contribution in [3.05, 3.63) is 35.4 Å². The number of carbonyl (C=O) groups is 1. The highest BCUT2D eigenvalue weighted by molar-refractivity contribution is 5.79. The van der Waals surface area contributed by atoms with Crippen LogP contribution in [0, 0.1) is 19.3 Å². The molecule has 1 rings (SSSR count). The minimum Gasteiger partial charge on any atom is -0.331 e. The highest BCUT2D eigenvalue weighted by atomic mass is 16.2. The van der Waals surface area contributed by atoms with Crippen molar-refractivity contribution >= 4 is 5.91 Å². The molecule has 0 radical (unpaired) electrons. The van der Waals surface area contributed by atoms with E-state index in [1.54, 1.807) is 4.90 Å². The van der Waals surface area contributed by atoms with Crippen LogP contribution in [0.4, 0.5) is 0 Å². The van der Waals surface area contributed by atoms with Gasteiger partial charge in [-0.15, -0.1) is 6.42 Å². The molecule has 0 bridgehead atoms. The van der Waals surface area contributed by atoms with E-state index in [-0.39, 0.29) is 5.91 Å². The number of terminal acetylenes is 1. The number of rotatable bonds is 5. The van der Waals surface area contributed by atoms with Crippen LogP contribution in [-0.4, -0.2) is 23.9 Å². The second kappa shape index (κ2) is 6.75. The molecule has 0 aromatic heterocycles. The van der Waals surface area contributed by atoms with Gasteiger partial charge >= 0.3 is 0 Å². The highest BCUT2D eigenvalue weighted by Gasteiger charge is 2.12. The fourth-order valence-corrected chi connectivity index (χ4v) is 1.76. The minimum absolute atomic E-state index is 0.110. The number of hydrogen-bond acceptors (Lipinski definition) is 1. The van der Waals surface area contributed by atoms with Crippen molar-refractivity contribution in [1.82, 2.24) is 4.90 Å². The van der Waals surface area contributed by atoms with Crippen LogP contribution in [0.3, 0.4) is 0 Å². The lowest BCUT2D eigenvalue weighted by Gasteiger charge is -2.19. The van der Waals surface area contributed by atoms with Crippen molar-refractivity contribution in [1.29, 1.82) is 0 Å². The van der Waals surface area contributed by atoms with E-state index < -0.39 is 0 Å². The Labute approximate surface area is 104 Å². The first-order valence-electron chi connectivity index (χ1n) is 5.94. The monoisotopic (exact) mass is 229 g/mol. The number of carbonyl (C=O) groups excluding carboxylic acids is 1. The van der Waals surface area contributed by atoms with Gasteiger partial charge in [0.05, 0.1) is 13.0 Å². The third kappa shape index (κ3) is 3.96. The number of nitrogens with zero attached hydrogens (tertiary/aromatic N) is 1. The second-order valence-corrected chi connectivity index (χ2v) is 4.12. The Morgan fingerprint density at radius 2 is 2.12 bits per heavy atom.